The molecule has 0 saturated carbocycles. The topological polar surface area (TPSA) is 41.6 Å². The fourth-order valence-corrected chi connectivity index (χ4v) is 1.38. The Hall–Kier alpha value is -0.820. The Morgan fingerprint density at radius 2 is 2.42 bits per heavy atom. The maximum atomic E-state index is 8.62. The lowest BCUT2D eigenvalue weighted by Crippen LogP contribution is -1.99. The van der Waals surface area contributed by atoms with Gasteiger partial charge in [-0.05, 0) is 12.8 Å². The van der Waals surface area contributed by atoms with Gasteiger partial charge < -0.3 is 4.57 Å². The van der Waals surface area contributed by atoms with Crippen LogP contribution in [0.3, 0.4) is 0 Å². The van der Waals surface area contributed by atoms with Gasteiger partial charge in [0.25, 0.3) is 0 Å². The third-order valence-electron chi connectivity index (χ3n) is 1.60. The van der Waals surface area contributed by atoms with E-state index in [0.29, 0.717) is 5.82 Å². The Labute approximate surface area is 80.2 Å². The van der Waals surface area contributed by atoms with Gasteiger partial charge in [-0.3, -0.25) is 0 Å². The van der Waals surface area contributed by atoms with Crippen LogP contribution in [0.15, 0.2) is 12.4 Å². The minimum absolute atomic E-state index is 0.504. The van der Waals surface area contributed by atoms with Crippen molar-refractivity contribution in [2.45, 2.75) is 19.4 Å². The van der Waals surface area contributed by atoms with Crippen LogP contribution in [0, 0.1) is 11.3 Å². The van der Waals surface area contributed by atoms with E-state index in [0.717, 1.165) is 24.7 Å². The molecule has 0 amide bonds. The molecule has 4 heteroatoms. The zero-order valence-electron chi connectivity index (χ0n) is 6.70. The molecule has 3 nitrogen and oxygen atoms in total. The summed E-state index contributed by atoms with van der Waals surface area (Å²) in [4.78, 5) is 3.90. The highest BCUT2D eigenvalue weighted by molar-refractivity contribution is 9.09. The van der Waals surface area contributed by atoms with E-state index >= 15 is 0 Å². The minimum Gasteiger partial charge on any atom is -0.323 e. The molecule has 0 fully saturated rings. The van der Waals surface area contributed by atoms with Crippen LogP contribution in [0.25, 0.3) is 0 Å². The maximum Gasteiger partial charge on any atom is 0.212 e. The Morgan fingerprint density at radius 1 is 1.58 bits per heavy atom. The van der Waals surface area contributed by atoms with Crippen LogP contribution in [-0.4, -0.2) is 14.9 Å². The van der Waals surface area contributed by atoms with Crippen LogP contribution < -0.4 is 0 Å². The van der Waals surface area contributed by atoms with Gasteiger partial charge in [0.1, 0.15) is 6.07 Å². The molecule has 0 bridgehead atoms. The fraction of sp³-hybridized carbons (Fsp3) is 0.500. The summed E-state index contributed by atoms with van der Waals surface area (Å²) < 4.78 is 1.88. The highest BCUT2D eigenvalue weighted by Crippen LogP contribution is 2.01. The number of nitrogens with zero attached hydrogens (tertiary/aromatic N) is 3. The SMILES string of the molecule is N#Cc1nccn1CCCCBr. The highest BCUT2D eigenvalue weighted by atomic mass is 79.9. The number of aryl methyl sites for hydroxylation is 1. The normalized spacial score (nSPS) is 9.67. The summed E-state index contributed by atoms with van der Waals surface area (Å²) >= 11 is 3.36. The summed E-state index contributed by atoms with van der Waals surface area (Å²) in [6.45, 7) is 0.883. The summed E-state index contributed by atoms with van der Waals surface area (Å²) in [5.74, 6) is 0.504. The lowest BCUT2D eigenvalue weighted by Gasteiger charge is -2.00. The van der Waals surface area contributed by atoms with Gasteiger partial charge in [0, 0.05) is 24.3 Å². The first-order valence-corrected chi connectivity index (χ1v) is 4.98. The summed E-state index contributed by atoms with van der Waals surface area (Å²) in [7, 11) is 0. The molecular weight excluding hydrogens is 218 g/mol. The summed E-state index contributed by atoms with van der Waals surface area (Å²) in [5.41, 5.74) is 0. The highest BCUT2D eigenvalue weighted by Gasteiger charge is 1.98. The van der Waals surface area contributed by atoms with Crippen molar-refractivity contribution in [1.82, 2.24) is 9.55 Å². The molecule has 0 aromatic carbocycles. The molecular formula is C8H10BrN3. The Kier molecular flexibility index (Phi) is 3.81. The second-order valence-corrected chi connectivity index (χ2v) is 3.25. The summed E-state index contributed by atoms with van der Waals surface area (Å²) in [6.07, 6.45) is 5.71. The molecule has 0 saturated heterocycles. The minimum atomic E-state index is 0.504. The Bertz CT molecular complexity index is 274. The molecule has 0 unspecified atom stereocenters. The molecule has 0 radical (unpaired) electrons. The van der Waals surface area contributed by atoms with E-state index in [1.807, 2.05) is 16.8 Å². The molecule has 0 atom stereocenters. The number of aromatic nitrogens is 2. The lowest BCUT2D eigenvalue weighted by atomic mass is 10.3. The van der Waals surface area contributed by atoms with E-state index in [2.05, 4.69) is 20.9 Å². The average Bonchev–Trinajstić information content (AvgIpc) is 2.52. The van der Waals surface area contributed by atoms with Crippen molar-refractivity contribution in [2.75, 3.05) is 5.33 Å². The largest absolute Gasteiger partial charge is 0.323 e. The molecule has 64 valence electrons. The standard InChI is InChI=1S/C8H10BrN3/c9-3-1-2-5-12-6-4-11-8(12)7-10/h4,6H,1-3,5H2. The predicted octanol–water partition coefficient (Wildman–Crippen LogP) is 1.93. The Balaban J connectivity index is 2.46. The number of halogens is 1. The molecule has 0 spiro atoms. The summed E-state index contributed by atoms with van der Waals surface area (Å²) in [5, 5.41) is 9.64. The summed E-state index contributed by atoms with van der Waals surface area (Å²) in [6, 6.07) is 2.04. The van der Waals surface area contributed by atoms with Crippen LogP contribution in [0.4, 0.5) is 0 Å². The quantitative estimate of drug-likeness (QED) is 0.583. The number of hydrogen-bond donors (Lipinski definition) is 0. The molecule has 0 N–H and O–H groups in total. The van der Waals surface area contributed by atoms with E-state index in [1.54, 1.807) is 6.20 Å². The molecule has 0 aliphatic rings. The van der Waals surface area contributed by atoms with Gasteiger partial charge in [0.15, 0.2) is 0 Å². The molecule has 0 aliphatic heterocycles. The first kappa shape index (κ1) is 9.27. The van der Waals surface area contributed by atoms with Crippen molar-refractivity contribution >= 4 is 15.9 Å². The number of nitriles is 1. The monoisotopic (exact) mass is 227 g/mol. The van der Waals surface area contributed by atoms with Crippen LogP contribution in [0.5, 0.6) is 0 Å². The zero-order valence-corrected chi connectivity index (χ0v) is 8.29. The van der Waals surface area contributed by atoms with Crippen LogP contribution in [0.1, 0.15) is 18.7 Å². The van der Waals surface area contributed by atoms with E-state index < -0.39 is 0 Å². The van der Waals surface area contributed by atoms with Gasteiger partial charge in [-0.15, -0.1) is 0 Å². The number of rotatable bonds is 4. The number of imidazole rings is 1. The van der Waals surface area contributed by atoms with Gasteiger partial charge in [-0.2, -0.15) is 5.26 Å². The van der Waals surface area contributed by atoms with Crippen molar-refractivity contribution in [3.63, 3.8) is 0 Å². The zero-order chi connectivity index (χ0) is 8.81. The van der Waals surface area contributed by atoms with Gasteiger partial charge in [0.2, 0.25) is 5.82 Å². The molecule has 1 aromatic rings. The third kappa shape index (κ3) is 2.35. The molecule has 0 aliphatic carbocycles. The first-order chi connectivity index (χ1) is 5.88. The predicted molar refractivity (Wildman–Crippen MR) is 50.0 cm³/mol. The van der Waals surface area contributed by atoms with E-state index in [1.165, 1.54) is 0 Å². The average molecular weight is 228 g/mol. The lowest BCUT2D eigenvalue weighted by molar-refractivity contribution is 0.629. The third-order valence-corrected chi connectivity index (χ3v) is 2.16. The molecule has 12 heavy (non-hydrogen) atoms. The van der Waals surface area contributed by atoms with E-state index in [9.17, 15) is 0 Å². The smallest absolute Gasteiger partial charge is 0.212 e. The molecule has 1 rings (SSSR count). The van der Waals surface area contributed by atoms with Crippen molar-refractivity contribution in [2.24, 2.45) is 0 Å². The van der Waals surface area contributed by atoms with Crippen molar-refractivity contribution < 1.29 is 0 Å². The van der Waals surface area contributed by atoms with Gasteiger partial charge in [-0.25, -0.2) is 4.98 Å². The van der Waals surface area contributed by atoms with Crippen LogP contribution in [0.2, 0.25) is 0 Å². The van der Waals surface area contributed by atoms with Crippen molar-refractivity contribution in [3.05, 3.63) is 18.2 Å². The second kappa shape index (κ2) is 4.94. The number of unbranched alkanes of at least 4 members (excludes halogenated alkanes) is 1. The first-order valence-electron chi connectivity index (χ1n) is 3.85. The van der Waals surface area contributed by atoms with Crippen molar-refractivity contribution in [3.8, 4) is 6.07 Å². The van der Waals surface area contributed by atoms with E-state index in [-0.39, 0.29) is 0 Å². The van der Waals surface area contributed by atoms with Gasteiger partial charge >= 0.3 is 0 Å². The Morgan fingerprint density at radius 3 is 3.08 bits per heavy atom. The van der Waals surface area contributed by atoms with Crippen LogP contribution in [-0.2, 0) is 6.54 Å². The molecule has 1 aromatic heterocycles. The fourth-order valence-electron chi connectivity index (χ4n) is 0.979. The number of hydrogen-bond acceptors (Lipinski definition) is 2. The number of alkyl halides is 1. The van der Waals surface area contributed by atoms with E-state index in [4.69, 9.17) is 5.26 Å². The second-order valence-electron chi connectivity index (χ2n) is 2.45. The van der Waals surface area contributed by atoms with Crippen molar-refractivity contribution in [1.29, 1.82) is 5.26 Å². The molecule has 1 heterocycles. The van der Waals surface area contributed by atoms with Gasteiger partial charge in [0.05, 0.1) is 0 Å². The van der Waals surface area contributed by atoms with Gasteiger partial charge in [-0.1, -0.05) is 15.9 Å². The maximum absolute atomic E-state index is 8.62. The van der Waals surface area contributed by atoms with Crippen LogP contribution >= 0.6 is 15.9 Å².